The molecular formula is C14H14N2O4S. The first-order chi connectivity index (χ1) is 9.90. The molecule has 0 unspecified atom stereocenters. The fourth-order valence-electron chi connectivity index (χ4n) is 1.79. The third-order valence-electron chi connectivity index (χ3n) is 3.09. The lowest BCUT2D eigenvalue weighted by Gasteiger charge is -2.09. The molecule has 0 radical (unpaired) electrons. The summed E-state index contributed by atoms with van der Waals surface area (Å²) in [6.07, 6.45) is 0. The van der Waals surface area contributed by atoms with Crippen molar-refractivity contribution in [3.05, 3.63) is 62.4 Å². The van der Waals surface area contributed by atoms with Crippen molar-refractivity contribution in [1.29, 1.82) is 0 Å². The molecule has 21 heavy (non-hydrogen) atoms. The van der Waals surface area contributed by atoms with Crippen LogP contribution in [0.15, 0.2) is 44.8 Å². The summed E-state index contributed by atoms with van der Waals surface area (Å²) in [4.78, 5) is 35.1. The summed E-state index contributed by atoms with van der Waals surface area (Å²) in [5.41, 5.74) is 0.0667. The van der Waals surface area contributed by atoms with Crippen molar-refractivity contribution in [2.45, 2.75) is 10.6 Å². The summed E-state index contributed by atoms with van der Waals surface area (Å²) in [6.45, 7) is 0. The maximum absolute atomic E-state index is 11.8. The zero-order valence-corrected chi connectivity index (χ0v) is 12.4. The summed E-state index contributed by atoms with van der Waals surface area (Å²) in [5, 5.41) is 8.94. The Labute approximate surface area is 124 Å². The van der Waals surface area contributed by atoms with Crippen LogP contribution in [0, 0.1) is 0 Å². The molecule has 1 N–H and O–H groups in total. The van der Waals surface area contributed by atoms with Crippen molar-refractivity contribution < 1.29 is 9.90 Å². The number of carboxylic acids is 1. The lowest BCUT2D eigenvalue weighted by molar-refractivity contribution is 0.0696. The standard InChI is InChI=1S/C14H14N2O4S/c1-15-10(7-12(17)16(2)14(15)20)8-21-11-5-3-4-9(6-11)13(18)19/h3-7H,8H2,1-2H3,(H,18,19). The highest BCUT2D eigenvalue weighted by Gasteiger charge is 2.08. The number of thioether (sulfide) groups is 1. The van der Waals surface area contributed by atoms with Gasteiger partial charge in [-0.25, -0.2) is 9.59 Å². The van der Waals surface area contributed by atoms with Gasteiger partial charge in [0.1, 0.15) is 0 Å². The number of rotatable bonds is 4. The van der Waals surface area contributed by atoms with Gasteiger partial charge in [0.25, 0.3) is 5.56 Å². The molecule has 110 valence electrons. The van der Waals surface area contributed by atoms with Gasteiger partial charge in [-0.05, 0) is 18.2 Å². The molecule has 7 heteroatoms. The van der Waals surface area contributed by atoms with Gasteiger partial charge < -0.3 is 5.11 Å². The smallest absolute Gasteiger partial charge is 0.335 e. The number of hydrogen-bond acceptors (Lipinski definition) is 4. The highest BCUT2D eigenvalue weighted by molar-refractivity contribution is 7.98. The van der Waals surface area contributed by atoms with Crippen LogP contribution in [0.25, 0.3) is 0 Å². The Balaban J connectivity index is 2.25. The van der Waals surface area contributed by atoms with Crippen LogP contribution in [-0.4, -0.2) is 20.2 Å². The molecule has 2 aromatic rings. The predicted octanol–water partition coefficient (Wildman–Crippen LogP) is 1.07. The van der Waals surface area contributed by atoms with Gasteiger partial charge in [-0.1, -0.05) is 6.07 Å². The van der Waals surface area contributed by atoms with Gasteiger partial charge in [-0.3, -0.25) is 13.9 Å². The quantitative estimate of drug-likeness (QED) is 0.855. The molecule has 1 heterocycles. The molecule has 0 saturated heterocycles. The number of hydrogen-bond donors (Lipinski definition) is 1. The van der Waals surface area contributed by atoms with Crippen molar-refractivity contribution in [3.8, 4) is 0 Å². The van der Waals surface area contributed by atoms with Crippen LogP contribution >= 0.6 is 11.8 Å². The Morgan fingerprint density at radius 3 is 2.57 bits per heavy atom. The van der Waals surface area contributed by atoms with E-state index in [1.165, 1.54) is 35.5 Å². The van der Waals surface area contributed by atoms with Gasteiger partial charge in [0.05, 0.1) is 5.56 Å². The van der Waals surface area contributed by atoms with E-state index in [1.807, 2.05) is 0 Å². The highest BCUT2D eigenvalue weighted by Crippen LogP contribution is 2.22. The van der Waals surface area contributed by atoms with E-state index in [9.17, 15) is 14.4 Å². The van der Waals surface area contributed by atoms with Crippen molar-refractivity contribution in [2.75, 3.05) is 0 Å². The molecule has 0 aliphatic heterocycles. The topological polar surface area (TPSA) is 81.3 Å². The van der Waals surface area contributed by atoms with E-state index in [2.05, 4.69) is 0 Å². The van der Waals surface area contributed by atoms with Gasteiger partial charge in [0.2, 0.25) is 0 Å². The molecule has 1 aromatic heterocycles. The van der Waals surface area contributed by atoms with Crippen molar-refractivity contribution in [1.82, 2.24) is 9.13 Å². The highest BCUT2D eigenvalue weighted by atomic mass is 32.2. The Morgan fingerprint density at radius 1 is 1.19 bits per heavy atom. The predicted molar refractivity (Wildman–Crippen MR) is 79.9 cm³/mol. The molecule has 0 bridgehead atoms. The Bertz CT molecular complexity index is 807. The molecule has 0 aliphatic carbocycles. The third-order valence-corrected chi connectivity index (χ3v) is 4.12. The maximum atomic E-state index is 11.8. The maximum Gasteiger partial charge on any atom is 0.335 e. The van der Waals surface area contributed by atoms with Gasteiger partial charge in [-0.15, -0.1) is 11.8 Å². The van der Waals surface area contributed by atoms with Crippen LogP contribution in [0.5, 0.6) is 0 Å². The second-order valence-corrected chi connectivity index (χ2v) is 5.54. The van der Waals surface area contributed by atoms with E-state index in [1.54, 1.807) is 25.2 Å². The second kappa shape index (κ2) is 6.01. The first-order valence-electron chi connectivity index (χ1n) is 6.12. The normalized spacial score (nSPS) is 10.6. The number of carboxylic acid groups (broad SMARTS) is 1. The van der Waals surface area contributed by atoms with Crippen molar-refractivity contribution >= 4 is 17.7 Å². The zero-order valence-electron chi connectivity index (χ0n) is 11.6. The molecular weight excluding hydrogens is 292 g/mol. The molecule has 0 spiro atoms. The minimum Gasteiger partial charge on any atom is -0.478 e. The Kier molecular flexibility index (Phi) is 4.32. The van der Waals surface area contributed by atoms with Gasteiger partial charge in [0, 0.05) is 36.5 Å². The van der Waals surface area contributed by atoms with E-state index in [-0.39, 0.29) is 16.8 Å². The number of aromatic carboxylic acids is 1. The zero-order chi connectivity index (χ0) is 15.6. The molecule has 1 aromatic carbocycles. The lowest BCUT2D eigenvalue weighted by Crippen LogP contribution is -2.37. The van der Waals surface area contributed by atoms with Crippen LogP contribution in [0.3, 0.4) is 0 Å². The Morgan fingerprint density at radius 2 is 1.90 bits per heavy atom. The fourth-order valence-corrected chi connectivity index (χ4v) is 2.77. The summed E-state index contributed by atoms with van der Waals surface area (Å²) in [5.74, 6) is -0.580. The molecule has 0 atom stereocenters. The molecule has 0 amide bonds. The molecule has 6 nitrogen and oxygen atoms in total. The van der Waals surface area contributed by atoms with E-state index < -0.39 is 5.97 Å². The van der Waals surface area contributed by atoms with Crippen LogP contribution in [0.1, 0.15) is 16.1 Å². The van der Waals surface area contributed by atoms with Crippen molar-refractivity contribution in [2.24, 2.45) is 14.1 Å². The first-order valence-corrected chi connectivity index (χ1v) is 7.11. The number of carbonyl (C=O) groups is 1. The van der Waals surface area contributed by atoms with Gasteiger partial charge in [0.15, 0.2) is 0 Å². The minimum atomic E-state index is -0.988. The number of benzene rings is 1. The van der Waals surface area contributed by atoms with Crippen LogP contribution < -0.4 is 11.2 Å². The van der Waals surface area contributed by atoms with Crippen LogP contribution in [0.2, 0.25) is 0 Å². The van der Waals surface area contributed by atoms with Gasteiger partial charge >= 0.3 is 11.7 Å². The monoisotopic (exact) mass is 306 g/mol. The lowest BCUT2D eigenvalue weighted by atomic mass is 10.2. The molecule has 0 aliphatic rings. The van der Waals surface area contributed by atoms with E-state index in [0.29, 0.717) is 11.4 Å². The summed E-state index contributed by atoms with van der Waals surface area (Å²) < 4.78 is 2.45. The first kappa shape index (κ1) is 15.1. The van der Waals surface area contributed by atoms with Gasteiger partial charge in [-0.2, -0.15) is 0 Å². The van der Waals surface area contributed by atoms with E-state index in [4.69, 9.17) is 5.11 Å². The fraction of sp³-hybridized carbons (Fsp3) is 0.214. The largest absolute Gasteiger partial charge is 0.478 e. The Hall–Kier alpha value is -2.28. The summed E-state index contributed by atoms with van der Waals surface area (Å²) >= 11 is 1.37. The molecule has 2 rings (SSSR count). The average Bonchev–Trinajstić information content (AvgIpc) is 2.47. The second-order valence-electron chi connectivity index (χ2n) is 4.50. The third kappa shape index (κ3) is 3.25. The van der Waals surface area contributed by atoms with Crippen LogP contribution in [-0.2, 0) is 19.8 Å². The summed E-state index contributed by atoms with van der Waals surface area (Å²) in [7, 11) is 3.03. The molecule has 0 saturated carbocycles. The van der Waals surface area contributed by atoms with Crippen LogP contribution in [0.4, 0.5) is 0 Å². The summed E-state index contributed by atoms with van der Waals surface area (Å²) in [6, 6.07) is 7.94. The SMILES string of the molecule is Cn1c(CSc2cccc(C(=O)O)c2)cc(=O)n(C)c1=O. The minimum absolute atomic E-state index is 0.206. The van der Waals surface area contributed by atoms with E-state index in [0.717, 1.165) is 9.46 Å². The average molecular weight is 306 g/mol. The number of aromatic nitrogens is 2. The van der Waals surface area contributed by atoms with Crippen molar-refractivity contribution in [3.63, 3.8) is 0 Å². The molecule has 0 fully saturated rings. The number of nitrogens with zero attached hydrogens (tertiary/aromatic N) is 2. The van der Waals surface area contributed by atoms with E-state index >= 15 is 0 Å².